The van der Waals surface area contributed by atoms with Crippen LogP contribution < -0.4 is 11.1 Å². The van der Waals surface area contributed by atoms with E-state index in [1.807, 2.05) is 0 Å². The van der Waals surface area contributed by atoms with Crippen LogP contribution in [0.1, 0.15) is 15.2 Å². The molecule has 0 saturated heterocycles. The van der Waals surface area contributed by atoms with Crippen LogP contribution in [0.15, 0.2) is 28.7 Å². The summed E-state index contributed by atoms with van der Waals surface area (Å²) in [6, 6.07) is 6.36. The van der Waals surface area contributed by atoms with E-state index in [0.29, 0.717) is 27.7 Å². The van der Waals surface area contributed by atoms with Gasteiger partial charge in [0, 0.05) is 16.6 Å². The minimum atomic E-state index is -0.478. The Kier molecular flexibility index (Phi) is 4.61. The van der Waals surface area contributed by atoms with E-state index in [-0.39, 0.29) is 5.82 Å². The molecule has 2 aromatic rings. The number of thiophene rings is 1. The molecule has 0 amide bonds. The lowest BCUT2D eigenvalue weighted by Gasteiger charge is -2.05. The molecule has 0 bridgehead atoms. The molecule has 0 saturated carbocycles. The summed E-state index contributed by atoms with van der Waals surface area (Å²) in [5.41, 5.74) is 6.59. The number of halogens is 2. The molecule has 3 N–H and O–H groups in total. The van der Waals surface area contributed by atoms with Crippen LogP contribution in [0.25, 0.3) is 0 Å². The standard InChI is InChI=1S/C13H12BrFN2O2S/c1-19-13(18)12-10(16)5-11(20-12)17-6-7-4-8(14)2-3-9(7)15/h2-5,17H,6,16H2,1H3. The van der Waals surface area contributed by atoms with Crippen molar-refractivity contribution in [1.29, 1.82) is 0 Å². The lowest BCUT2D eigenvalue weighted by Crippen LogP contribution is -2.01. The number of nitrogens with one attached hydrogen (secondary N) is 1. The third kappa shape index (κ3) is 3.29. The van der Waals surface area contributed by atoms with E-state index in [2.05, 4.69) is 26.0 Å². The fraction of sp³-hybridized carbons (Fsp3) is 0.154. The maximum Gasteiger partial charge on any atom is 0.350 e. The molecule has 4 nitrogen and oxygen atoms in total. The highest BCUT2D eigenvalue weighted by Gasteiger charge is 2.14. The fourth-order valence-electron chi connectivity index (χ4n) is 1.61. The van der Waals surface area contributed by atoms with Crippen molar-refractivity contribution in [3.63, 3.8) is 0 Å². The summed E-state index contributed by atoms with van der Waals surface area (Å²) < 4.78 is 19.0. The second-order valence-corrected chi connectivity index (χ2v) is 5.94. The number of nitrogen functional groups attached to an aromatic ring is 1. The molecule has 2 rings (SSSR count). The van der Waals surface area contributed by atoms with Gasteiger partial charge in [-0.05, 0) is 24.3 Å². The monoisotopic (exact) mass is 358 g/mol. The Labute approximate surface area is 127 Å². The van der Waals surface area contributed by atoms with E-state index in [0.717, 1.165) is 4.47 Å². The fourth-order valence-corrected chi connectivity index (χ4v) is 2.91. The third-order valence-electron chi connectivity index (χ3n) is 2.59. The van der Waals surface area contributed by atoms with E-state index in [9.17, 15) is 9.18 Å². The average molecular weight is 359 g/mol. The Balaban J connectivity index is 2.11. The van der Waals surface area contributed by atoms with Gasteiger partial charge in [-0.2, -0.15) is 0 Å². The van der Waals surface area contributed by atoms with Gasteiger partial charge >= 0.3 is 5.97 Å². The topological polar surface area (TPSA) is 64.3 Å². The Bertz CT molecular complexity index is 645. The predicted molar refractivity (Wildman–Crippen MR) is 81.5 cm³/mol. The SMILES string of the molecule is COC(=O)c1sc(NCc2cc(Br)ccc2F)cc1N. The lowest BCUT2D eigenvalue weighted by atomic mass is 10.2. The minimum absolute atomic E-state index is 0.293. The maximum atomic E-state index is 13.6. The van der Waals surface area contributed by atoms with Gasteiger partial charge in [-0.25, -0.2) is 9.18 Å². The largest absolute Gasteiger partial charge is 0.465 e. The van der Waals surface area contributed by atoms with Gasteiger partial charge in [0.1, 0.15) is 10.7 Å². The first-order valence-electron chi connectivity index (χ1n) is 5.66. The second-order valence-electron chi connectivity index (χ2n) is 3.98. The number of carbonyl (C=O) groups is 1. The highest BCUT2D eigenvalue weighted by atomic mass is 79.9. The number of benzene rings is 1. The Morgan fingerprint density at radius 2 is 2.25 bits per heavy atom. The van der Waals surface area contributed by atoms with Crippen molar-refractivity contribution >= 4 is 43.9 Å². The molecular weight excluding hydrogens is 347 g/mol. The predicted octanol–water partition coefficient (Wildman–Crippen LogP) is 3.63. The van der Waals surface area contributed by atoms with Crippen molar-refractivity contribution in [2.75, 3.05) is 18.2 Å². The molecule has 0 aliphatic heterocycles. The molecule has 0 atom stereocenters. The maximum absolute atomic E-state index is 13.6. The molecule has 0 fully saturated rings. The van der Waals surface area contributed by atoms with Crippen molar-refractivity contribution in [2.45, 2.75) is 6.54 Å². The van der Waals surface area contributed by atoms with Gasteiger partial charge in [0.2, 0.25) is 0 Å². The lowest BCUT2D eigenvalue weighted by molar-refractivity contribution is 0.0607. The van der Waals surface area contributed by atoms with Crippen LogP contribution in [0.2, 0.25) is 0 Å². The van der Waals surface area contributed by atoms with Crippen molar-refractivity contribution in [2.24, 2.45) is 0 Å². The number of nitrogens with two attached hydrogens (primary N) is 1. The van der Waals surface area contributed by atoms with Crippen LogP contribution >= 0.6 is 27.3 Å². The van der Waals surface area contributed by atoms with Gasteiger partial charge < -0.3 is 15.8 Å². The van der Waals surface area contributed by atoms with Gasteiger partial charge in [0.15, 0.2) is 0 Å². The van der Waals surface area contributed by atoms with Gasteiger partial charge in [0.25, 0.3) is 0 Å². The molecule has 1 aromatic heterocycles. The summed E-state index contributed by atoms with van der Waals surface area (Å²) in [4.78, 5) is 11.8. The molecule has 20 heavy (non-hydrogen) atoms. The zero-order chi connectivity index (χ0) is 14.7. The van der Waals surface area contributed by atoms with Gasteiger partial charge in [-0.3, -0.25) is 0 Å². The Hall–Kier alpha value is -1.60. The molecule has 7 heteroatoms. The van der Waals surface area contributed by atoms with Gasteiger partial charge in [-0.15, -0.1) is 11.3 Å². The minimum Gasteiger partial charge on any atom is -0.465 e. The first kappa shape index (κ1) is 14.8. The summed E-state index contributed by atoms with van der Waals surface area (Å²) in [5, 5.41) is 3.72. The van der Waals surface area contributed by atoms with Crippen LogP contribution in [0.5, 0.6) is 0 Å². The zero-order valence-electron chi connectivity index (χ0n) is 10.6. The highest BCUT2D eigenvalue weighted by molar-refractivity contribution is 9.10. The van der Waals surface area contributed by atoms with Crippen molar-refractivity contribution < 1.29 is 13.9 Å². The van der Waals surface area contributed by atoms with E-state index < -0.39 is 5.97 Å². The average Bonchev–Trinajstić information content (AvgIpc) is 2.80. The van der Waals surface area contributed by atoms with Crippen molar-refractivity contribution in [3.05, 3.63) is 45.0 Å². The second kappa shape index (κ2) is 6.23. The molecule has 1 heterocycles. The molecule has 1 aromatic carbocycles. The highest BCUT2D eigenvalue weighted by Crippen LogP contribution is 2.30. The van der Waals surface area contributed by atoms with Crippen LogP contribution in [-0.4, -0.2) is 13.1 Å². The molecule has 0 radical (unpaired) electrons. The molecule has 0 aliphatic carbocycles. The zero-order valence-corrected chi connectivity index (χ0v) is 13.0. The van der Waals surface area contributed by atoms with E-state index in [1.54, 1.807) is 18.2 Å². The Morgan fingerprint density at radius 1 is 1.50 bits per heavy atom. The number of esters is 1. The van der Waals surface area contributed by atoms with Crippen LogP contribution in [0, 0.1) is 5.82 Å². The van der Waals surface area contributed by atoms with Crippen LogP contribution in [0.3, 0.4) is 0 Å². The first-order chi connectivity index (χ1) is 9.51. The summed E-state index contributed by atoms with van der Waals surface area (Å²) >= 11 is 4.47. The number of rotatable bonds is 4. The van der Waals surface area contributed by atoms with Crippen LogP contribution in [0.4, 0.5) is 15.1 Å². The van der Waals surface area contributed by atoms with E-state index in [4.69, 9.17) is 5.73 Å². The molecular formula is C13H12BrFN2O2S. The molecule has 0 aliphatic rings. The van der Waals surface area contributed by atoms with Crippen LogP contribution in [-0.2, 0) is 11.3 Å². The van der Waals surface area contributed by atoms with E-state index in [1.165, 1.54) is 24.5 Å². The number of hydrogen-bond acceptors (Lipinski definition) is 5. The Morgan fingerprint density at radius 3 is 2.95 bits per heavy atom. The summed E-state index contributed by atoms with van der Waals surface area (Å²) in [5.74, 6) is -0.771. The van der Waals surface area contributed by atoms with Crippen molar-refractivity contribution in [1.82, 2.24) is 0 Å². The number of carbonyl (C=O) groups excluding carboxylic acids is 1. The summed E-state index contributed by atoms with van der Waals surface area (Å²) in [7, 11) is 1.30. The number of anilines is 2. The van der Waals surface area contributed by atoms with E-state index >= 15 is 0 Å². The first-order valence-corrected chi connectivity index (χ1v) is 7.27. The molecule has 106 valence electrons. The number of methoxy groups -OCH3 is 1. The van der Waals surface area contributed by atoms with Gasteiger partial charge in [-0.1, -0.05) is 15.9 Å². The number of ether oxygens (including phenoxy) is 1. The summed E-state index contributed by atoms with van der Waals surface area (Å²) in [6.07, 6.45) is 0. The summed E-state index contributed by atoms with van der Waals surface area (Å²) in [6.45, 7) is 0.297. The van der Waals surface area contributed by atoms with Gasteiger partial charge in [0.05, 0.1) is 17.8 Å². The normalized spacial score (nSPS) is 10.3. The quantitative estimate of drug-likeness (QED) is 0.819. The van der Waals surface area contributed by atoms with Crippen molar-refractivity contribution in [3.8, 4) is 0 Å². The number of hydrogen-bond donors (Lipinski definition) is 2. The third-order valence-corrected chi connectivity index (χ3v) is 4.17. The molecule has 0 unspecified atom stereocenters. The molecule has 0 spiro atoms. The smallest absolute Gasteiger partial charge is 0.350 e.